The third-order valence-corrected chi connectivity index (χ3v) is 3.65. The number of carbonyl (C=O) groups is 1. The number of benzene rings is 1. The van der Waals surface area contributed by atoms with Crippen molar-refractivity contribution in [3.8, 4) is 0 Å². The van der Waals surface area contributed by atoms with E-state index in [4.69, 9.17) is 9.84 Å². The largest absolute Gasteiger partial charge is 0.395 e. The number of hydrogen-bond donors (Lipinski definition) is 2. The van der Waals surface area contributed by atoms with Crippen LogP contribution in [0, 0.1) is 0 Å². The van der Waals surface area contributed by atoms with Gasteiger partial charge in [0.2, 0.25) is 5.91 Å². The summed E-state index contributed by atoms with van der Waals surface area (Å²) in [6.45, 7) is 2.16. The average Bonchev–Trinajstić information content (AvgIpc) is 2.87. The van der Waals surface area contributed by atoms with Crippen LogP contribution in [0.1, 0.15) is 17.9 Å². The van der Waals surface area contributed by atoms with Crippen molar-refractivity contribution in [1.29, 1.82) is 0 Å². The Morgan fingerprint density at radius 3 is 3.00 bits per heavy atom. The second-order valence-electron chi connectivity index (χ2n) is 4.97. The van der Waals surface area contributed by atoms with Crippen LogP contribution in [0.2, 0.25) is 0 Å². The molecular formula is C15H22N2O3. The minimum absolute atomic E-state index is 0.0189. The third-order valence-electron chi connectivity index (χ3n) is 3.65. The maximum absolute atomic E-state index is 12.3. The van der Waals surface area contributed by atoms with Gasteiger partial charge in [0.1, 0.15) is 0 Å². The number of aliphatic hydroxyl groups excluding tert-OH is 1. The summed E-state index contributed by atoms with van der Waals surface area (Å²) in [4.78, 5) is 14.0. The van der Waals surface area contributed by atoms with E-state index in [1.54, 1.807) is 12.0 Å². The van der Waals surface area contributed by atoms with Crippen molar-refractivity contribution in [2.75, 3.05) is 45.3 Å². The first-order valence-corrected chi connectivity index (χ1v) is 6.96. The molecule has 0 aromatic heterocycles. The lowest BCUT2D eigenvalue weighted by atomic mass is 9.97. The second kappa shape index (κ2) is 7.26. The van der Waals surface area contributed by atoms with E-state index in [2.05, 4.69) is 11.4 Å². The monoisotopic (exact) mass is 278 g/mol. The van der Waals surface area contributed by atoms with Gasteiger partial charge in [-0.2, -0.15) is 0 Å². The Hall–Kier alpha value is -1.59. The molecule has 0 radical (unpaired) electrons. The second-order valence-corrected chi connectivity index (χ2v) is 4.97. The standard InChI is InChI=1S/C15H22N2O3/c1-20-9-7-17(6-8-18)15(19)10-12-11-16-14-5-3-2-4-13(12)14/h2-5,12,16,18H,6-11H2,1H3. The molecule has 110 valence electrons. The summed E-state index contributed by atoms with van der Waals surface area (Å²) in [7, 11) is 1.61. The van der Waals surface area contributed by atoms with Crippen molar-refractivity contribution in [3.05, 3.63) is 29.8 Å². The smallest absolute Gasteiger partial charge is 0.223 e. The molecule has 1 heterocycles. The predicted molar refractivity (Wildman–Crippen MR) is 77.8 cm³/mol. The normalized spacial score (nSPS) is 16.6. The zero-order valence-electron chi connectivity index (χ0n) is 11.8. The fourth-order valence-electron chi connectivity index (χ4n) is 2.56. The number of carbonyl (C=O) groups excluding carboxylic acids is 1. The molecule has 1 atom stereocenters. The highest BCUT2D eigenvalue weighted by Crippen LogP contribution is 2.33. The van der Waals surface area contributed by atoms with Gasteiger partial charge in [-0.15, -0.1) is 0 Å². The molecule has 1 unspecified atom stereocenters. The average molecular weight is 278 g/mol. The van der Waals surface area contributed by atoms with E-state index in [9.17, 15) is 4.79 Å². The van der Waals surface area contributed by atoms with E-state index in [0.29, 0.717) is 26.1 Å². The number of rotatable bonds is 7. The molecule has 0 fully saturated rings. The Bertz CT molecular complexity index is 450. The molecule has 1 aromatic rings. The van der Waals surface area contributed by atoms with Gasteiger partial charge in [0, 0.05) is 44.8 Å². The Morgan fingerprint density at radius 1 is 1.45 bits per heavy atom. The summed E-state index contributed by atoms with van der Waals surface area (Å²) in [5, 5.41) is 12.4. The molecular weight excluding hydrogens is 256 g/mol. The molecule has 2 N–H and O–H groups in total. The predicted octanol–water partition coefficient (Wildman–Crippen LogP) is 1.05. The lowest BCUT2D eigenvalue weighted by Gasteiger charge is -2.23. The molecule has 1 amide bonds. The Balaban J connectivity index is 1.96. The van der Waals surface area contributed by atoms with Gasteiger partial charge >= 0.3 is 0 Å². The quantitative estimate of drug-likeness (QED) is 0.783. The minimum atomic E-state index is -0.0189. The molecule has 1 aliphatic heterocycles. The summed E-state index contributed by atoms with van der Waals surface area (Å²) in [6.07, 6.45) is 0.466. The fraction of sp³-hybridized carbons (Fsp3) is 0.533. The van der Waals surface area contributed by atoms with Crippen LogP contribution in [0.25, 0.3) is 0 Å². The summed E-state index contributed by atoms with van der Waals surface area (Å²) >= 11 is 0. The van der Waals surface area contributed by atoms with E-state index >= 15 is 0 Å². The molecule has 5 nitrogen and oxygen atoms in total. The molecule has 1 aromatic carbocycles. The molecule has 0 spiro atoms. The minimum Gasteiger partial charge on any atom is -0.395 e. The molecule has 0 saturated carbocycles. The van der Waals surface area contributed by atoms with Crippen LogP contribution in [-0.2, 0) is 9.53 Å². The van der Waals surface area contributed by atoms with Crippen LogP contribution in [0.5, 0.6) is 0 Å². The molecule has 5 heteroatoms. The first kappa shape index (κ1) is 14.8. The van der Waals surface area contributed by atoms with E-state index in [0.717, 1.165) is 12.2 Å². The zero-order valence-corrected chi connectivity index (χ0v) is 11.8. The number of aliphatic hydroxyl groups is 1. The number of hydrogen-bond acceptors (Lipinski definition) is 4. The maximum atomic E-state index is 12.3. The van der Waals surface area contributed by atoms with Gasteiger partial charge in [-0.05, 0) is 11.6 Å². The summed E-state index contributed by atoms with van der Waals surface area (Å²) in [6, 6.07) is 8.10. The van der Waals surface area contributed by atoms with Crippen LogP contribution >= 0.6 is 0 Å². The number of nitrogens with one attached hydrogen (secondary N) is 1. The van der Waals surface area contributed by atoms with Crippen molar-refractivity contribution in [2.24, 2.45) is 0 Å². The van der Waals surface area contributed by atoms with E-state index in [-0.39, 0.29) is 18.4 Å². The van der Waals surface area contributed by atoms with Crippen molar-refractivity contribution in [1.82, 2.24) is 4.90 Å². The number of methoxy groups -OCH3 is 1. The van der Waals surface area contributed by atoms with Crippen molar-refractivity contribution < 1.29 is 14.6 Å². The summed E-state index contributed by atoms with van der Waals surface area (Å²) in [5.41, 5.74) is 2.33. The number of amides is 1. The number of anilines is 1. The zero-order chi connectivity index (χ0) is 14.4. The number of fused-ring (bicyclic) bond motifs is 1. The molecule has 0 bridgehead atoms. The third kappa shape index (κ3) is 3.49. The van der Waals surface area contributed by atoms with E-state index < -0.39 is 0 Å². The van der Waals surface area contributed by atoms with E-state index in [1.807, 2.05) is 18.2 Å². The molecule has 0 aliphatic carbocycles. The lowest BCUT2D eigenvalue weighted by Crippen LogP contribution is -2.37. The van der Waals surface area contributed by atoms with Gasteiger partial charge in [0.05, 0.1) is 13.2 Å². The summed E-state index contributed by atoms with van der Waals surface area (Å²) < 4.78 is 5.01. The van der Waals surface area contributed by atoms with Crippen molar-refractivity contribution in [2.45, 2.75) is 12.3 Å². The highest BCUT2D eigenvalue weighted by Gasteiger charge is 2.26. The van der Waals surface area contributed by atoms with Gasteiger partial charge in [-0.1, -0.05) is 18.2 Å². The van der Waals surface area contributed by atoms with Gasteiger partial charge in [0.15, 0.2) is 0 Å². The maximum Gasteiger partial charge on any atom is 0.223 e. The van der Waals surface area contributed by atoms with Gasteiger partial charge in [-0.3, -0.25) is 4.79 Å². The fourth-order valence-corrected chi connectivity index (χ4v) is 2.56. The molecule has 20 heavy (non-hydrogen) atoms. The van der Waals surface area contributed by atoms with Gasteiger partial charge < -0.3 is 20.1 Å². The number of ether oxygens (including phenoxy) is 1. The SMILES string of the molecule is COCCN(CCO)C(=O)CC1CNc2ccccc21. The van der Waals surface area contributed by atoms with Crippen LogP contribution in [0.3, 0.4) is 0 Å². The van der Waals surface area contributed by atoms with E-state index in [1.165, 1.54) is 5.56 Å². The summed E-state index contributed by atoms with van der Waals surface area (Å²) in [5.74, 6) is 0.280. The van der Waals surface area contributed by atoms with Crippen LogP contribution in [0.15, 0.2) is 24.3 Å². The number of nitrogens with zero attached hydrogens (tertiary/aromatic N) is 1. The van der Waals surface area contributed by atoms with Gasteiger partial charge in [-0.25, -0.2) is 0 Å². The van der Waals surface area contributed by atoms with Gasteiger partial charge in [0.25, 0.3) is 0 Å². The number of para-hydroxylation sites is 1. The Kier molecular flexibility index (Phi) is 5.38. The van der Waals surface area contributed by atoms with Crippen molar-refractivity contribution in [3.63, 3.8) is 0 Å². The molecule has 0 saturated heterocycles. The van der Waals surface area contributed by atoms with Crippen molar-refractivity contribution >= 4 is 11.6 Å². The highest BCUT2D eigenvalue weighted by molar-refractivity contribution is 5.78. The molecule has 2 rings (SSSR count). The molecule has 1 aliphatic rings. The first-order chi connectivity index (χ1) is 9.76. The van der Waals surface area contributed by atoms with Crippen LogP contribution < -0.4 is 5.32 Å². The lowest BCUT2D eigenvalue weighted by molar-refractivity contribution is -0.132. The highest BCUT2D eigenvalue weighted by atomic mass is 16.5. The van der Waals surface area contributed by atoms with Crippen LogP contribution in [-0.4, -0.2) is 55.9 Å². The first-order valence-electron chi connectivity index (χ1n) is 6.96. The Labute approximate surface area is 119 Å². The Morgan fingerprint density at radius 2 is 2.25 bits per heavy atom. The van der Waals surface area contributed by atoms with Crippen LogP contribution in [0.4, 0.5) is 5.69 Å². The topological polar surface area (TPSA) is 61.8 Å².